The summed E-state index contributed by atoms with van der Waals surface area (Å²) in [5.41, 5.74) is 0. The van der Waals surface area contributed by atoms with E-state index in [4.69, 9.17) is 0 Å². The van der Waals surface area contributed by atoms with Crippen molar-refractivity contribution in [1.29, 1.82) is 0 Å². The first-order valence-corrected chi connectivity index (χ1v) is 4.64. The van der Waals surface area contributed by atoms with Gasteiger partial charge in [0, 0.05) is 6.61 Å². The smallest absolute Gasteiger partial charge is 0.372 e. The molecule has 0 aliphatic heterocycles. The molecule has 0 unspecified atom stereocenters. The number of halogens is 3. The lowest BCUT2D eigenvalue weighted by molar-refractivity contribution is -0.174. The van der Waals surface area contributed by atoms with Gasteiger partial charge in [0.25, 0.3) is 0 Å². The first-order valence-electron chi connectivity index (χ1n) is 4.64. The molecule has 0 spiro atoms. The SMILES string of the molecule is CCC(CC)CCOCC(F)(F)F. The van der Waals surface area contributed by atoms with Gasteiger partial charge >= 0.3 is 6.18 Å². The molecule has 0 amide bonds. The molecule has 13 heavy (non-hydrogen) atoms. The fourth-order valence-electron chi connectivity index (χ4n) is 1.13. The summed E-state index contributed by atoms with van der Waals surface area (Å²) < 4.78 is 39.4. The van der Waals surface area contributed by atoms with Crippen LogP contribution in [0, 0.1) is 5.92 Å². The van der Waals surface area contributed by atoms with E-state index in [-0.39, 0.29) is 6.61 Å². The lowest BCUT2D eigenvalue weighted by atomic mass is 10.0. The van der Waals surface area contributed by atoms with Crippen LogP contribution in [-0.2, 0) is 4.74 Å². The van der Waals surface area contributed by atoms with Crippen LogP contribution in [0.1, 0.15) is 33.1 Å². The molecular formula is C9H17F3O. The second-order valence-corrected chi connectivity index (χ2v) is 3.14. The van der Waals surface area contributed by atoms with E-state index in [0.29, 0.717) is 5.92 Å². The molecule has 0 aromatic rings. The molecule has 80 valence electrons. The zero-order valence-electron chi connectivity index (χ0n) is 8.16. The standard InChI is InChI=1S/C9H17F3O/c1-3-8(4-2)5-6-13-7-9(10,11)12/h8H,3-7H2,1-2H3. The maximum atomic E-state index is 11.6. The lowest BCUT2D eigenvalue weighted by Gasteiger charge is -2.12. The molecule has 0 fully saturated rings. The largest absolute Gasteiger partial charge is 0.411 e. The molecule has 4 heteroatoms. The van der Waals surface area contributed by atoms with Crippen LogP contribution in [0.2, 0.25) is 0 Å². The Hall–Kier alpha value is -0.250. The van der Waals surface area contributed by atoms with Crippen LogP contribution < -0.4 is 0 Å². The van der Waals surface area contributed by atoms with Crippen molar-refractivity contribution in [2.45, 2.75) is 39.3 Å². The van der Waals surface area contributed by atoms with Crippen molar-refractivity contribution in [1.82, 2.24) is 0 Å². The molecule has 0 aliphatic carbocycles. The quantitative estimate of drug-likeness (QED) is 0.594. The van der Waals surface area contributed by atoms with E-state index < -0.39 is 12.8 Å². The minimum Gasteiger partial charge on any atom is -0.372 e. The fourth-order valence-corrected chi connectivity index (χ4v) is 1.13. The number of ether oxygens (including phenoxy) is 1. The summed E-state index contributed by atoms with van der Waals surface area (Å²) >= 11 is 0. The summed E-state index contributed by atoms with van der Waals surface area (Å²) in [4.78, 5) is 0. The second-order valence-electron chi connectivity index (χ2n) is 3.14. The molecule has 0 saturated heterocycles. The monoisotopic (exact) mass is 198 g/mol. The van der Waals surface area contributed by atoms with Gasteiger partial charge in [0.2, 0.25) is 0 Å². The minimum atomic E-state index is -4.19. The zero-order chi connectivity index (χ0) is 10.3. The first-order chi connectivity index (χ1) is 5.99. The van der Waals surface area contributed by atoms with Gasteiger partial charge in [0.1, 0.15) is 6.61 Å². The van der Waals surface area contributed by atoms with Crippen molar-refractivity contribution in [2.75, 3.05) is 13.2 Å². The van der Waals surface area contributed by atoms with E-state index >= 15 is 0 Å². The van der Waals surface area contributed by atoms with Gasteiger partial charge in [-0.2, -0.15) is 13.2 Å². The van der Waals surface area contributed by atoms with E-state index in [2.05, 4.69) is 4.74 Å². The predicted molar refractivity (Wildman–Crippen MR) is 45.6 cm³/mol. The predicted octanol–water partition coefficient (Wildman–Crippen LogP) is 3.39. The van der Waals surface area contributed by atoms with Crippen LogP contribution in [0.25, 0.3) is 0 Å². The van der Waals surface area contributed by atoms with Gasteiger partial charge in [-0.1, -0.05) is 26.7 Å². The van der Waals surface area contributed by atoms with Crippen LogP contribution in [0.4, 0.5) is 13.2 Å². The highest BCUT2D eigenvalue weighted by atomic mass is 19.4. The Labute approximate surface area is 77.3 Å². The fraction of sp³-hybridized carbons (Fsp3) is 1.00. The van der Waals surface area contributed by atoms with E-state index in [9.17, 15) is 13.2 Å². The molecule has 0 aromatic carbocycles. The molecule has 1 nitrogen and oxygen atoms in total. The van der Waals surface area contributed by atoms with Crippen molar-refractivity contribution in [2.24, 2.45) is 5.92 Å². The number of hydrogen-bond donors (Lipinski definition) is 0. The Morgan fingerprint density at radius 1 is 1.15 bits per heavy atom. The molecular weight excluding hydrogens is 181 g/mol. The van der Waals surface area contributed by atoms with E-state index in [1.54, 1.807) is 0 Å². The first kappa shape index (κ1) is 12.8. The third kappa shape index (κ3) is 8.09. The summed E-state index contributed by atoms with van der Waals surface area (Å²) in [7, 11) is 0. The average molecular weight is 198 g/mol. The summed E-state index contributed by atoms with van der Waals surface area (Å²) in [5.74, 6) is 0.494. The maximum absolute atomic E-state index is 11.6. The highest BCUT2D eigenvalue weighted by Gasteiger charge is 2.27. The Morgan fingerprint density at radius 3 is 2.08 bits per heavy atom. The summed E-state index contributed by atoms with van der Waals surface area (Å²) in [6.45, 7) is 3.18. The Bertz CT molecular complexity index is 119. The van der Waals surface area contributed by atoms with Gasteiger partial charge in [0.05, 0.1) is 0 Å². The lowest BCUT2D eigenvalue weighted by Crippen LogP contribution is -2.18. The van der Waals surface area contributed by atoms with Crippen LogP contribution in [0.3, 0.4) is 0 Å². The van der Waals surface area contributed by atoms with E-state index in [1.165, 1.54) is 0 Å². The molecule has 0 atom stereocenters. The molecule has 0 saturated carbocycles. The van der Waals surface area contributed by atoms with Crippen LogP contribution in [0.15, 0.2) is 0 Å². The number of hydrogen-bond acceptors (Lipinski definition) is 1. The number of alkyl halides is 3. The van der Waals surface area contributed by atoms with Gasteiger partial charge in [-0.3, -0.25) is 0 Å². The molecule has 0 aliphatic rings. The van der Waals surface area contributed by atoms with Crippen molar-refractivity contribution in [3.63, 3.8) is 0 Å². The van der Waals surface area contributed by atoms with E-state index in [1.807, 2.05) is 13.8 Å². The highest BCUT2D eigenvalue weighted by molar-refractivity contribution is 4.54. The van der Waals surface area contributed by atoms with Crippen LogP contribution >= 0.6 is 0 Å². The molecule has 0 heterocycles. The normalized spacial score (nSPS) is 12.5. The molecule has 0 N–H and O–H groups in total. The maximum Gasteiger partial charge on any atom is 0.411 e. The van der Waals surface area contributed by atoms with Gasteiger partial charge in [0.15, 0.2) is 0 Å². The Balaban J connectivity index is 3.34. The van der Waals surface area contributed by atoms with Gasteiger partial charge in [-0.25, -0.2) is 0 Å². The Morgan fingerprint density at radius 2 is 1.69 bits per heavy atom. The topological polar surface area (TPSA) is 9.23 Å². The van der Waals surface area contributed by atoms with Crippen LogP contribution in [0.5, 0.6) is 0 Å². The average Bonchev–Trinajstić information content (AvgIpc) is 2.03. The number of rotatable bonds is 6. The summed E-state index contributed by atoms with van der Waals surface area (Å²) in [6, 6.07) is 0. The van der Waals surface area contributed by atoms with Crippen molar-refractivity contribution >= 4 is 0 Å². The summed E-state index contributed by atoms with van der Waals surface area (Å²) in [6.07, 6.45) is -1.45. The molecule has 0 rings (SSSR count). The zero-order valence-corrected chi connectivity index (χ0v) is 8.16. The van der Waals surface area contributed by atoms with Crippen molar-refractivity contribution in [3.8, 4) is 0 Å². The summed E-state index contributed by atoms with van der Waals surface area (Å²) in [5, 5.41) is 0. The van der Waals surface area contributed by atoms with Crippen molar-refractivity contribution < 1.29 is 17.9 Å². The third-order valence-corrected chi connectivity index (χ3v) is 2.09. The molecule has 0 aromatic heterocycles. The van der Waals surface area contributed by atoms with E-state index in [0.717, 1.165) is 19.3 Å². The minimum absolute atomic E-state index is 0.214. The van der Waals surface area contributed by atoms with Gasteiger partial charge < -0.3 is 4.74 Å². The third-order valence-electron chi connectivity index (χ3n) is 2.09. The Kier molecular flexibility index (Phi) is 6.12. The van der Waals surface area contributed by atoms with Gasteiger partial charge in [-0.05, 0) is 12.3 Å². The molecule has 0 bridgehead atoms. The van der Waals surface area contributed by atoms with Crippen molar-refractivity contribution in [3.05, 3.63) is 0 Å². The molecule has 0 radical (unpaired) electrons. The van der Waals surface area contributed by atoms with Crippen LogP contribution in [-0.4, -0.2) is 19.4 Å². The second kappa shape index (κ2) is 6.24. The van der Waals surface area contributed by atoms with Gasteiger partial charge in [-0.15, -0.1) is 0 Å². The highest BCUT2D eigenvalue weighted by Crippen LogP contribution is 2.16.